The molecule has 1 unspecified atom stereocenters. The zero-order valence-corrected chi connectivity index (χ0v) is 17.1. The van der Waals surface area contributed by atoms with Gasteiger partial charge in [0, 0.05) is 37.9 Å². The van der Waals surface area contributed by atoms with E-state index in [1.54, 1.807) is 11.0 Å². The molecular weight excluding hydrogens is 392 g/mol. The van der Waals surface area contributed by atoms with Crippen molar-refractivity contribution < 1.29 is 4.79 Å². The number of anilines is 1. The van der Waals surface area contributed by atoms with Crippen LogP contribution in [0.3, 0.4) is 0 Å². The number of rotatable bonds is 6. The molecule has 1 aliphatic heterocycles. The number of carbonyl (C=O) groups excluding carboxylic acids is 1. The highest BCUT2D eigenvalue weighted by molar-refractivity contribution is 5.80. The van der Waals surface area contributed by atoms with E-state index in [0.29, 0.717) is 18.9 Å². The molecule has 4 aromatic rings. The number of carbonyl (C=O) groups is 1. The Bertz CT molecular complexity index is 1150. The summed E-state index contributed by atoms with van der Waals surface area (Å²) in [7, 11) is 0. The second-order valence-electron chi connectivity index (χ2n) is 7.73. The molecular formula is C22H24N8O. The maximum atomic E-state index is 12.8. The summed E-state index contributed by atoms with van der Waals surface area (Å²) in [6, 6.07) is 14.2. The minimum Gasteiger partial charge on any atom is -0.354 e. The van der Waals surface area contributed by atoms with Crippen LogP contribution >= 0.6 is 0 Å². The first-order valence-electron chi connectivity index (χ1n) is 10.5. The zero-order valence-electron chi connectivity index (χ0n) is 17.1. The Morgan fingerprint density at radius 3 is 2.81 bits per heavy atom. The number of hydrogen-bond acceptors (Lipinski definition) is 6. The number of nitrogens with zero attached hydrogens (tertiary/aromatic N) is 7. The molecule has 3 aromatic heterocycles. The van der Waals surface area contributed by atoms with Crippen LogP contribution in [0.5, 0.6) is 0 Å². The first-order valence-corrected chi connectivity index (χ1v) is 10.5. The lowest BCUT2D eigenvalue weighted by molar-refractivity contribution is -0.125. The van der Waals surface area contributed by atoms with Crippen LogP contribution in [0.1, 0.15) is 12.8 Å². The Kier molecular flexibility index (Phi) is 5.30. The standard InChI is InChI=1S/C22H24N8O/c31-22(24-10-13-28-12-9-17-4-1-2-6-19(17)28)18-5-3-11-29(14-18)20-7-8-21(27-26-20)30-16-23-15-25-30/h1-2,4,6-9,12,15-16,18H,3,5,10-11,13-14H2,(H,24,31). The number of nitrogens with one attached hydrogen (secondary N) is 1. The van der Waals surface area contributed by atoms with Crippen molar-refractivity contribution in [2.45, 2.75) is 19.4 Å². The van der Waals surface area contributed by atoms with Crippen LogP contribution in [0.25, 0.3) is 16.7 Å². The minimum atomic E-state index is -0.0491. The summed E-state index contributed by atoms with van der Waals surface area (Å²) >= 11 is 0. The lowest BCUT2D eigenvalue weighted by Gasteiger charge is -2.32. The number of para-hydroxylation sites is 1. The van der Waals surface area contributed by atoms with Crippen molar-refractivity contribution in [1.82, 2.24) is 34.8 Å². The molecule has 9 nitrogen and oxygen atoms in total. The number of aromatic nitrogens is 6. The number of piperidine rings is 1. The van der Waals surface area contributed by atoms with Gasteiger partial charge in [-0.1, -0.05) is 18.2 Å². The van der Waals surface area contributed by atoms with Gasteiger partial charge in [0.25, 0.3) is 0 Å². The average molecular weight is 416 g/mol. The molecule has 0 spiro atoms. The topological polar surface area (TPSA) is 93.8 Å². The number of benzene rings is 1. The molecule has 4 heterocycles. The molecule has 0 radical (unpaired) electrons. The monoisotopic (exact) mass is 416 g/mol. The summed E-state index contributed by atoms with van der Waals surface area (Å²) in [4.78, 5) is 18.8. The highest BCUT2D eigenvalue weighted by Crippen LogP contribution is 2.22. The summed E-state index contributed by atoms with van der Waals surface area (Å²) in [6.45, 7) is 2.89. The predicted octanol–water partition coefficient (Wildman–Crippen LogP) is 2.04. The molecule has 0 bridgehead atoms. The van der Waals surface area contributed by atoms with Gasteiger partial charge in [-0.15, -0.1) is 10.2 Å². The molecule has 1 amide bonds. The van der Waals surface area contributed by atoms with Crippen LogP contribution in [0.2, 0.25) is 0 Å². The Morgan fingerprint density at radius 2 is 1.97 bits per heavy atom. The Labute approximate surface area is 179 Å². The fraction of sp³-hybridized carbons (Fsp3) is 0.318. The second kappa shape index (κ2) is 8.55. The van der Waals surface area contributed by atoms with Crippen LogP contribution in [0.15, 0.2) is 61.3 Å². The molecule has 1 aliphatic rings. The molecule has 9 heteroatoms. The maximum Gasteiger partial charge on any atom is 0.224 e. The molecule has 1 N–H and O–H groups in total. The van der Waals surface area contributed by atoms with E-state index in [2.05, 4.69) is 59.5 Å². The van der Waals surface area contributed by atoms with E-state index in [1.807, 2.05) is 24.3 Å². The van der Waals surface area contributed by atoms with E-state index >= 15 is 0 Å². The van der Waals surface area contributed by atoms with E-state index in [0.717, 1.165) is 31.7 Å². The van der Waals surface area contributed by atoms with Crippen LogP contribution in [-0.2, 0) is 11.3 Å². The number of hydrogen-bond donors (Lipinski definition) is 1. The quantitative estimate of drug-likeness (QED) is 0.517. The molecule has 0 aliphatic carbocycles. The van der Waals surface area contributed by atoms with Gasteiger partial charge in [-0.3, -0.25) is 4.79 Å². The van der Waals surface area contributed by atoms with Gasteiger partial charge in [0.1, 0.15) is 12.7 Å². The van der Waals surface area contributed by atoms with Crippen molar-refractivity contribution in [2.24, 2.45) is 5.92 Å². The molecule has 1 fully saturated rings. The zero-order chi connectivity index (χ0) is 21.0. The van der Waals surface area contributed by atoms with E-state index in [-0.39, 0.29) is 11.8 Å². The van der Waals surface area contributed by atoms with E-state index in [1.165, 1.54) is 17.2 Å². The summed E-state index contributed by atoms with van der Waals surface area (Å²) in [6.07, 6.45) is 6.95. The molecule has 0 saturated carbocycles. The largest absolute Gasteiger partial charge is 0.354 e. The molecule has 1 atom stereocenters. The van der Waals surface area contributed by atoms with E-state index in [9.17, 15) is 4.79 Å². The number of amides is 1. The minimum absolute atomic E-state index is 0.0491. The molecule has 1 aromatic carbocycles. The summed E-state index contributed by atoms with van der Waals surface area (Å²) in [5.41, 5.74) is 1.19. The summed E-state index contributed by atoms with van der Waals surface area (Å²) in [5.74, 6) is 1.45. The molecule has 31 heavy (non-hydrogen) atoms. The van der Waals surface area contributed by atoms with Crippen LogP contribution < -0.4 is 10.2 Å². The van der Waals surface area contributed by atoms with Crippen molar-refractivity contribution in [1.29, 1.82) is 0 Å². The van der Waals surface area contributed by atoms with Crippen LogP contribution in [0.4, 0.5) is 5.82 Å². The third-order valence-electron chi connectivity index (χ3n) is 5.74. The SMILES string of the molecule is O=C(NCCn1ccc2ccccc21)C1CCCN(c2ccc(-n3cncn3)nn2)C1. The second-order valence-corrected chi connectivity index (χ2v) is 7.73. The van der Waals surface area contributed by atoms with Crippen molar-refractivity contribution in [3.63, 3.8) is 0 Å². The van der Waals surface area contributed by atoms with Gasteiger partial charge < -0.3 is 14.8 Å². The van der Waals surface area contributed by atoms with E-state index in [4.69, 9.17) is 0 Å². The highest BCUT2D eigenvalue weighted by Gasteiger charge is 2.26. The lowest BCUT2D eigenvalue weighted by atomic mass is 9.97. The maximum absolute atomic E-state index is 12.8. The van der Waals surface area contributed by atoms with Gasteiger partial charge >= 0.3 is 0 Å². The van der Waals surface area contributed by atoms with Crippen molar-refractivity contribution >= 4 is 22.6 Å². The Balaban J connectivity index is 1.16. The smallest absolute Gasteiger partial charge is 0.224 e. The Hall–Kier alpha value is -3.75. The van der Waals surface area contributed by atoms with Crippen molar-refractivity contribution in [3.05, 3.63) is 61.3 Å². The first-order chi connectivity index (χ1) is 15.3. The molecule has 158 valence electrons. The van der Waals surface area contributed by atoms with E-state index < -0.39 is 0 Å². The highest BCUT2D eigenvalue weighted by atomic mass is 16.1. The van der Waals surface area contributed by atoms with Crippen LogP contribution in [0, 0.1) is 5.92 Å². The van der Waals surface area contributed by atoms with Crippen molar-refractivity contribution in [3.8, 4) is 5.82 Å². The van der Waals surface area contributed by atoms with Gasteiger partial charge in [-0.25, -0.2) is 9.67 Å². The Morgan fingerprint density at radius 1 is 1.10 bits per heavy atom. The van der Waals surface area contributed by atoms with Crippen molar-refractivity contribution in [2.75, 3.05) is 24.5 Å². The van der Waals surface area contributed by atoms with Gasteiger partial charge in [-0.2, -0.15) is 5.10 Å². The fourth-order valence-corrected chi connectivity index (χ4v) is 4.11. The summed E-state index contributed by atoms with van der Waals surface area (Å²) in [5, 5.41) is 17.0. The van der Waals surface area contributed by atoms with Gasteiger partial charge in [0.2, 0.25) is 5.91 Å². The fourth-order valence-electron chi connectivity index (χ4n) is 4.11. The normalized spacial score (nSPS) is 16.5. The first kappa shape index (κ1) is 19.2. The third kappa shape index (κ3) is 4.11. The predicted molar refractivity (Wildman–Crippen MR) is 117 cm³/mol. The third-order valence-corrected chi connectivity index (χ3v) is 5.74. The molecule has 1 saturated heterocycles. The van der Waals surface area contributed by atoms with Gasteiger partial charge in [0.15, 0.2) is 11.6 Å². The number of fused-ring (bicyclic) bond motifs is 1. The summed E-state index contributed by atoms with van der Waals surface area (Å²) < 4.78 is 3.74. The average Bonchev–Trinajstić information content (AvgIpc) is 3.50. The van der Waals surface area contributed by atoms with Gasteiger partial charge in [0.05, 0.1) is 5.92 Å². The molecule has 5 rings (SSSR count). The van der Waals surface area contributed by atoms with Gasteiger partial charge in [-0.05, 0) is 42.5 Å². The van der Waals surface area contributed by atoms with Crippen LogP contribution in [-0.4, -0.2) is 55.1 Å². The lowest BCUT2D eigenvalue weighted by Crippen LogP contribution is -2.44.